The van der Waals surface area contributed by atoms with Crippen LogP contribution in [0.4, 0.5) is 19.0 Å². The van der Waals surface area contributed by atoms with Crippen LogP contribution in [0.2, 0.25) is 0 Å². The lowest BCUT2D eigenvalue weighted by atomic mass is 9.67. The van der Waals surface area contributed by atoms with Crippen molar-refractivity contribution in [3.8, 4) is 22.9 Å². The highest BCUT2D eigenvalue weighted by atomic mass is 32.1. The van der Waals surface area contributed by atoms with Crippen LogP contribution in [-0.4, -0.2) is 63.6 Å². The molecule has 9 nitrogen and oxygen atoms in total. The van der Waals surface area contributed by atoms with Gasteiger partial charge in [-0.3, -0.25) is 4.79 Å². The monoisotopic (exact) mass is 596 g/mol. The lowest BCUT2D eigenvalue weighted by molar-refractivity contribution is -0.243. The van der Waals surface area contributed by atoms with Crippen molar-refractivity contribution in [1.29, 1.82) is 5.26 Å². The Hall–Kier alpha value is -3.15. The molecule has 2 fully saturated rings. The first-order valence-corrected chi connectivity index (χ1v) is 12.5. The average molecular weight is 597 g/mol. The summed E-state index contributed by atoms with van der Waals surface area (Å²) >= 11 is 0. The highest BCUT2D eigenvalue weighted by Gasteiger charge is 2.63. The zero-order valence-electron chi connectivity index (χ0n) is 21.7. The Morgan fingerprint density at radius 2 is 2.05 bits per heavy atom. The number of hydrogen-bond donors (Lipinski definition) is 2. The van der Waals surface area contributed by atoms with Gasteiger partial charge in [0.2, 0.25) is 5.91 Å². The molecular weight excluding hydrogens is 565 g/mol. The lowest BCUT2D eigenvalue weighted by Crippen LogP contribution is -2.61. The van der Waals surface area contributed by atoms with E-state index in [2.05, 4.69) is 21.5 Å². The smallest absolute Gasteiger partial charge is 0.403 e. The van der Waals surface area contributed by atoms with Gasteiger partial charge in [-0.1, -0.05) is 6.42 Å². The third kappa shape index (κ3) is 5.55. The number of alkyl halides is 3. The fourth-order valence-electron chi connectivity index (χ4n) is 5.16. The van der Waals surface area contributed by atoms with E-state index in [0.29, 0.717) is 42.2 Å². The number of pyridine rings is 2. The summed E-state index contributed by atoms with van der Waals surface area (Å²) in [5.41, 5.74) is 0.153. The van der Waals surface area contributed by atoms with Gasteiger partial charge in [0.1, 0.15) is 23.1 Å². The van der Waals surface area contributed by atoms with E-state index in [9.17, 15) is 28.3 Å². The molecule has 1 saturated heterocycles. The number of piperidine rings is 1. The molecule has 216 valence electrons. The van der Waals surface area contributed by atoms with E-state index in [1.165, 1.54) is 6.20 Å². The second kappa shape index (κ2) is 12.2. The first-order chi connectivity index (χ1) is 18.2. The Bertz CT molecular complexity index is 1390. The van der Waals surface area contributed by atoms with Crippen LogP contribution >= 0.6 is 27.0 Å². The SMILES string of the molecule is CCOc1cc(-c2ccc(N3CC[C@H](NC(=O)C4(C(F)(F)F)CCC4)[C@@H](O)C3)nc2)c2c(C#N)cnn2c1.S.S. The van der Waals surface area contributed by atoms with Gasteiger partial charge in [-0.05, 0) is 44.4 Å². The van der Waals surface area contributed by atoms with Crippen molar-refractivity contribution in [2.45, 2.75) is 50.9 Å². The molecule has 3 aromatic rings. The van der Waals surface area contributed by atoms with Gasteiger partial charge >= 0.3 is 6.18 Å². The Morgan fingerprint density at radius 1 is 1.30 bits per heavy atom. The number of nitrogens with one attached hydrogen (secondary N) is 1. The molecule has 0 radical (unpaired) electrons. The van der Waals surface area contributed by atoms with Crippen LogP contribution in [0.15, 0.2) is 36.8 Å². The number of aliphatic hydroxyl groups is 1. The number of β-amino-alcohol motifs (C(OH)–C–C–N with tert-alkyl or cyclic N) is 1. The molecule has 1 amide bonds. The molecule has 0 bridgehead atoms. The first kappa shape index (κ1) is 31.4. The predicted octanol–water partition coefficient (Wildman–Crippen LogP) is 3.68. The summed E-state index contributed by atoms with van der Waals surface area (Å²) in [6.07, 6.45) is -0.612. The van der Waals surface area contributed by atoms with E-state index in [1.807, 2.05) is 24.0 Å². The van der Waals surface area contributed by atoms with Crippen LogP contribution < -0.4 is 15.0 Å². The summed E-state index contributed by atoms with van der Waals surface area (Å²) in [6.45, 7) is 2.85. The Labute approximate surface area is 243 Å². The summed E-state index contributed by atoms with van der Waals surface area (Å²) in [6, 6.07) is 6.83. The summed E-state index contributed by atoms with van der Waals surface area (Å²) in [5.74, 6) is 0.121. The third-order valence-electron chi connectivity index (χ3n) is 7.48. The van der Waals surface area contributed by atoms with Gasteiger partial charge in [-0.15, -0.1) is 0 Å². The minimum absolute atomic E-state index is 0. The fourth-order valence-corrected chi connectivity index (χ4v) is 5.16. The summed E-state index contributed by atoms with van der Waals surface area (Å²) in [4.78, 5) is 18.9. The predicted molar refractivity (Wildman–Crippen MR) is 152 cm³/mol. The van der Waals surface area contributed by atoms with E-state index in [1.54, 1.807) is 23.0 Å². The third-order valence-corrected chi connectivity index (χ3v) is 7.48. The second-order valence-corrected chi connectivity index (χ2v) is 9.71. The van der Waals surface area contributed by atoms with Gasteiger partial charge in [-0.25, -0.2) is 9.50 Å². The number of carbonyl (C=O) groups excluding carboxylic acids is 1. The number of fused-ring (bicyclic) bond motifs is 1. The summed E-state index contributed by atoms with van der Waals surface area (Å²) in [5, 5.41) is 26.9. The largest absolute Gasteiger partial charge is 0.492 e. The molecule has 14 heteroatoms. The topological polar surface area (TPSA) is 116 Å². The van der Waals surface area contributed by atoms with E-state index < -0.39 is 29.6 Å². The molecule has 1 aliphatic carbocycles. The fraction of sp³-hybridized carbons (Fsp3) is 0.462. The van der Waals surface area contributed by atoms with Gasteiger partial charge in [0.15, 0.2) is 0 Å². The van der Waals surface area contributed by atoms with Crippen molar-refractivity contribution in [2.75, 3.05) is 24.6 Å². The van der Waals surface area contributed by atoms with E-state index in [-0.39, 0.29) is 52.8 Å². The number of anilines is 1. The normalized spacial score (nSPS) is 19.9. The van der Waals surface area contributed by atoms with Crippen molar-refractivity contribution in [1.82, 2.24) is 19.9 Å². The molecule has 1 saturated carbocycles. The van der Waals surface area contributed by atoms with Crippen molar-refractivity contribution in [2.24, 2.45) is 5.41 Å². The van der Waals surface area contributed by atoms with E-state index in [4.69, 9.17) is 4.74 Å². The highest BCUT2D eigenvalue weighted by molar-refractivity contribution is 7.59. The van der Waals surface area contributed by atoms with Crippen molar-refractivity contribution in [3.63, 3.8) is 0 Å². The molecule has 4 heterocycles. The molecule has 2 atom stereocenters. The van der Waals surface area contributed by atoms with Crippen LogP contribution in [-0.2, 0) is 4.79 Å². The van der Waals surface area contributed by atoms with Crippen LogP contribution in [0.25, 0.3) is 16.6 Å². The number of nitriles is 1. The minimum Gasteiger partial charge on any atom is -0.492 e. The number of aromatic nitrogens is 3. The number of nitrogens with zero attached hydrogens (tertiary/aromatic N) is 5. The molecule has 3 aromatic heterocycles. The average Bonchev–Trinajstić information content (AvgIpc) is 3.26. The molecule has 2 N–H and O–H groups in total. The number of amides is 1. The number of halogens is 3. The zero-order chi connectivity index (χ0) is 27.1. The van der Waals surface area contributed by atoms with Crippen LogP contribution in [0, 0.1) is 16.7 Å². The minimum atomic E-state index is -4.61. The first-order valence-electron chi connectivity index (χ1n) is 12.5. The second-order valence-electron chi connectivity index (χ2n) is 9.71. The number of carbonyl (C=O) groups is 1. The molecule has 0 aromatic carbocycles. The maximum atomic E-state index is 13.5. The number of aliphatic hydroxyl groups excluding tert-OH is 1. The maximum Gasteiger partial charge on any atom is 0.403 e. The Kier molecular flexibility index (Phi) is 9.54. The Balaban J connectivity index is 0.00000220. The van der Waals surface area contributed by atoms with Gasteiger partial charge in [0.05, 0.1) is 42.2 Å². The van der Waals surface area contributed by atoms with E-state index >= 15 is 0 Å². The molecular formula is C26H31F3N6O3S2. The van der Waals surface area contributed by atoms with Gasteiger partial charge < -0.3 is 20.1 Å². The zero-order valence-corrected chi connectivity index (χ0v) is 23.7. The standard InChI is InChI=1S/C26H27F3N6O3.2H2S/c1-2-38-18-10-19(23-17(11-30)13-32-35(23)14-18)16-4-5-22(31-12-16)34-9-6-20(21(36)15-34)33-24(37)25(7-3-8-25)26(27,28)29;;/h4-5,10,12-14,20-21,36H,2-3,6-9,15H2,1H3,(H,33,37);2*1H2/t20-,21-;;/m0../s1. The molecule has 2 aliphatic rings. The molecule has 40 heavy (non-hydrogen) atoms. The molecule has 0 unspecified atom stereocenters. The summed E-state index contributed by atoms with van der Waals surface area (Å²) in [7, 11) is 0. The van der Waals surface area contributed by atoms with Crippen LogP contribution in [0.3, 0.4) is 0 Å². The van der Waals surface area contributed by atoms with Gasteiger partial charge in [0.25, 0.3) is 0 Å². The van der Waals surface area contributed by atoms with Gasteiger partial charge in [-0.2, -0.15) is 50.5 Å². The lowest BCUT2D eigenvalue weighted by Gasteiger charge is -2.44. The molecule has 5 rings (SSSR count). The van der Waals surface area contributed by atoms with E-state index in [0.717, 1.165) is 11.1 Å². The molecule has 1 aliphatic heterocycles. The Morgan fingerprint density at radius 3 is 2.60 bits per heavy atom. The number of ether oxygens (including phenoxy) is 1. The van der Waals surface area contributed by atoms with Crippen LogP contribution in [0.1, 0.15) is 38.2 Å². The van der Waals surface area contributed by atoms with Crippen LogP contribution in [0.5, 0.6) is 5.75 Å². The maximum absolute atomic E-state index is 13.5. The summed E-state index contributed by atoms with van der Waals surface area (Å²) < 4.78 is 47.7. The number of hydrogen-bond acceptors (Lipinski definition) is 7. The van der Waals surface area contributed by atoms with Gasteiger partial charge in [0, 0.05) is 30.4 Å². The van der Waals surface area contributed by atoms with Crippen molar-refractivity contribution < 1.29 is 27.8 Å². The van der Waals surface area contributed by atoms with Crippen molar-refractivity contribution >= 4 is 44.2 Å². The highest BCUT2D eigenvalue weighted by Crippen LogP contribution is 2.53. The quantitative estimate of drug-likeness (QED) is 0.446. The number of rotatable bonds is 6. The van der Waals surface area contributed by atoms with Crippen molar-refractivity contribution in [3.05, 3.63) is 42.4 Å². The molecule has 0 spiro atoms.